The molecule has 3 aromatic rings. The molecule has 0 bridgehead atoms. The number of anilines is 1. The summed E-state index contributed by atoms with van der Waals surface area (Å²) in [6.07, 6.45) is -3.00. The normalized spacial score (nSPS) is 19.0. The van der Waals surface area contributed by atoms with E-state index >= 15 is 4.39 Å². The van der Waals surface area contributed by atoms with E-state index < -0.39 is 46.5 Å². The Labute approximate surface area is 260 Å². The van der Waals surface area contributed by atoms with Gasteiger partial charge < -0.3 is 15.5 Å². The molecule has 1 aliphatic carbocycles. The maximum Gasteiger partial charge on any atom is 0.276 e. The minimum atomic E-state index is -3.00. The van der Waals surface area contributed by atoms with Gasteiger partial charge in [0.15, 0.2) is 24.0 Å². The molecule has 45 heavy (non-hydrogen) atoms. The molecule has 14 heteroatoms. The summed E-state index contributed by atoms with van der Waals surface area (Å²) in [4.78, 5) is 38.8. The molecule has 2 N–H and O–H groups in total. The van der Waals surface area contributed by atoms with E-state index in [0.717, 1.165) is 4.57 Å². The number of hydrogen-bond donors (Lipinski definition) is 1. The van der Waals surface area contributed by atoms with E-state index in [1.54, 1.807) is 29.0 Å². The highest BCUT2D eigenvalue weighted by Crippen LogP contribution is 2.42. The predicted molar refractivity (Wildman–Crippen MR) is 163 cm³/mol. The molecule has 1 aliphatic heterocycles. The van der Waals surface area contributed by atoms with Gasteiger partial charge in [0.1, 0.15) is 17.3 Å². The van der Waals surface area contributed by atoms with E-state index in [9.17, 15) is 28.0 Å². The quantitative estimate of drug-likeness (QED) is 0.305. The fourth-order valence-corrected chi connectivity index (χ4v) is 5.96. The van der Waals surface area contributed by atoms with Gasteiger partial charge in [0, 0.05) is 43.3 Å². The lowest BCUT2D eigenvalue weighted by Crippen LogP contribution is -2.49. The highest BCUT2D eigenvalue weighted by atomic mass is 35.5. The van der Waals surface area contributed by atoms with Gasteiger partial charge in [-0.2, -0.15) is 5.26 Å². The van der Waals surface area contributed by atoms with Crippen LogP contribution in [-0.4, -0.2) is 63.9 Å². The first kappa shape index (κ1) is 31.7. The number of nitriles is 1. The van der Waals surface area contributed by atoms with Crippen molar-refractivity contribution in [2.24, 2.45) is 5.73 Å². The number of aryl methyl sites for hydroxylation is 1. The Bertz CT molecular complexity index is 1920. The summed E-state index contributed by atoms with van der Waals surface area (Å²) in [5, 5.41) is 10.2. The van der Waals surface area contributed by atoms with Crippen LogP contribution in [0.3, 0.4) is 0 Å². The summed E-state index contributed by atoms with van der Waals surface area (Å²) in [6, 6.07) is 4.97. The first-order chi connectivity index (χ1) is 21.3. The van der Waals surface area contributed by atoms with E-state index in [2.05, 4.69) is 16.5 Å². The maximum atomic E-state index is 15.3. The van der Waals surface area contributed by atoms with Crippen LogP contribution in [0.2, 0.25) is 5.02 Å². The van der Waals surface area contributed by atoms with Gasteiger partial charge in [-0.1, -0.05) is 32.0 Å². The van der Waals surface area contributed by atoms with Crippen molar-refractivity contribution in [2.75, 3.05) is 31.1 Å². The van der Waals surface area contributed by atoms with Gasteiger partial charge in [0.25, 0.3) is 5.56 Å². The van der Waals surface area contributed by atoms with Gasteiger partial charge in [-0.3, -0.25) is 19.1 Å². The lowest BCUT2D eigenvalue weighted by molar-refractivity contribution is -0.126. The number of rotatable bonds is 5. The molecule has 0 spiro atoms. The van der Waals surface area contributed by atoms with Crippen LogP contribution in [0.25, 0.3) is 22.3 Å². The molecule has 1 fully saturated rings. The molecule has 3 aromatic heterocycles. The number of piperazine rings is 1. The number of nitrogens with two attached hydrogens (primary N) is 1. The molecule has 2 unspecified atom stereocenters. The third-order valence-corrected chi connectivity index (χ3v) is 8.25. The average molecular weight is 642 g/mol. The molecule has 5 rings (SSSR count). The molecule has 2 atom stereocenters. The van der Waals surface area contributed by atoms with E-state index in [1.807, 2.05) is 19.9 Å². The molecule has 1 saturated heterocycles. The zero-order valence-electron chi connectivity index (χ0n) is 24.5. The number of nitrogens with zero attached hydrogens (tertiary/aromatic N) is 6. The Morgan fingerprint density at radius 3 is 2.47 bits per heavy atom. The topological polar surface area (TPSA) is 121 Å². The van der Waals surface area contributed by atoms with Crippen LogP contribution in [0.1, 0.15) is 42.3 Å². The molecule has 2 aliphatic rings. The lowest BCUT2D eigenvalue weighted by Gasteiger charge is -2.36. The number of hydrogen-bond acceptors (Lipinski definition) is 7. The third-order valence-electron chi connectivity index (χ3n) is 7.96. The summed E-state index contributed by atoms with van der Waals surface area (Å²) in [5.74, 6) is -4.25. The van der Waals surface area contributed by atoms with Gasteiger partial charge >= 0.3 is 0 Å². The maximum absolute atomic E-state index is 15.3. The summed E-state index contributed by atoms with van der Waals surface area (Å²) in [5.41, 5.74) is 3.77. The first-order valence-corrected chi connectivity index (χ1v) is 14.4. The lowest BCUT2D eigenvalue weighted by atomic mass is 9.93. The minimum Gasteiger partial charge on any atom is -0.396 e. The molecule has 0 saturated carbocycles. The van der Waals surface area contributed by atoms with Crippen molar-refractivity contribution in [3.63, 3.8) is 0 Å². The highest BCUT2D eigenvalue weighted by Gasteiger charge is 2.41. The van der Waals surface area contributed by atoms with E-state index in [0.29, 0.717) is 16.9 Å². The van der Waals surface area contributed by atoms with Gasteiger partial charge in [0.2, 0.25) is 5.91 Å². The van der Waals surface area contributed by atoms with E-state index in [4.69, 9.17) is 17.3 Å². The number of pyridine rings is 3. The summed E-state index contributed by atoms with van der Waals surface area (Å²) in [7, 11) is 0. The smallest absolute Gasteiger partial charge is 0.276 e. The van der Waals surface area contributed by atoms with Crippen LogP contribution in [0.15, 0.2) is 53.1 Å². The minimum absolute atomic E-state index is 0.130. The third kappa shape index (κ3) is 5.12. The van der Waals surface area contributed by atoms with Crippen molar-refractivity contribution in [3.05, 3.63) is 86.2 Å². The second-order valence-electron chi connectivity index (χ2n) is 11.0. The fourth-order valence-electron chi connectivity index (χ4n) is 5.71. The Morgan fingerprint density at radius 1 is 1.20 bits per heavy atom. The number of allylic oxidation sites excluding steroid dienone is 3. The average Bonchev–Trinajstić information content (AvgIpc) is 3.02. The van der Waals surface area contributed by atoms with Crippen molar-refractivity contribution >= 4 is 39.8 Å². The summed E-state index contributed by atoms with van der Waals surface area (Å²) >= 11 is 6.60. The van der Waals surface area contributed by atoms with Crippen LogP contribution in [0.5, 0.6) is 0 Å². The number of amides is 1. The molecule has 0 aromatic carbocycles. The van der Waals surface area contributed by atoms with Gasteiger partial charge in [-0.15, -0.1) is 0 Å². The van der Waals surface area contributed by atoms with Crippen molar-refractivity contribution in [1.82, 2.24) is 19.4 Å². The highest BCUT2D eigenvalue weighted by molar-refractivity contribution is 6.33. The van der Waals surface area contributed by atoms with Crippen LogP contribution in [0, 0.1) is 18.3 Å². The Hall–Kier alpha value is -4.70. The molecular formula is C31H28ClF4N7O2. The molecular weight excluding hydrogens is 614 g/mol. The second-order valence-corrected chi connectivity index (χ2v) is 11.4. The largest absolute Gasteiger partial charge is 0.396 e. The van der Waals surface area contributed by atoms with Crippen molar-refractivity contribution in [3.8, 4) is 11.8 Å². The summed E-state index contributed by atoms with van der Waals surface area (Å²) < 4.78 is 59.7. The Balaban J connectivity index is 1.90. The zero-order chi connectivity index (χ0) is 32.9. The van der Waals surface area contributed by atoms with Crippen LogP contribution >= 0.6 is 11.6 Å². The number of fused-ring (bicyclic) bond motifs is 1. The fraction of sp³-hybridized carbons (Fsp3) is 0.323. The van der Waals surface area contributed by atoms with E-state index in [1.165, 1.54) is 12.1 Å². The Morgan fingerprint density at radius 2 is 1.87 bits per heavy atom. The number of carbonyl (C=O) groups excluding carboxylic acids is 1. The van der Waals surface area contributed by atoms with Gasteiger partial charge in [0.05, 0.1) is 33.5 Å². The summed E-state index contributed by atoms with van der Waals surface area (Å²) in [6.45, 7) is 9.88. The standard InChI is InChI=1S/C31H28ClF4N7O2/c1-5-19(44)41-8-10-42(11-9-41)29-16-12-18(32)27(20-21(33)22(34)23(35)24(36)25(20)38)40-30(16)43(31(45)17(29)13-37)28-15(4)6-7-39-26(28)14(2)3/h5-7,12,14,21-22H,1,8-11,38H2,2-4H3. The van der Waals surface area contributed by atoms with Gasteiger partial charge in [-0.05, 0) is 36.6 Å². The number of carbonyl (C=O) groups is 1. The number of aromatic nitrogens is 3. The molecule has 234 valence electrons. The van der Waals surface area contributed by atoms with E-state index in [-0.39, 0.29) is 65.3 Å². The first-order valence-electron chi connectivity index (χ1n) is 14.0. The second kappa shape index (κ2) is 12.0. The van der Waals surface area contributed by atoms with Crippen molar-refractivity contribution in [1.29, 1.82) is 5.26 Å². The number of halogens is 5. The monoisotopic (exact) mass is 641 g/mol. The van der Waals surface area contributed by atoms with Gasteiger partial charge in [-0.25, -0.2) is 22.5 Å². The SMILES string of the molecule is C=CC(=O)N1CCN(c2c(C#N)c(=O)n(-c3c(C)ccnc3C(C)C)c3nc(C4=C(N)C(F)=C(F)C(F)C4F)c(Cl)cc23)CC1. The molecule has 9 nitrogen and oxygen atoms in total. The number of alkyl halides is 2. The van der Waals surface area contributed by atoms with Crippen LogP contribution in [-0.2, 0) is 4.79 Å². The van der Waals surface area contributed by atoms with Crippen LogP contribution in [0.4, 0.5) is 23.2 Å². The van der Waals surface area contributed by atoms with Crippen molar-refractivity contribution < 1.29 is 22.4 Å². The predicted octanol–water partition coefficient (Wildman–Crippen LogP) is 5.08. The Kier molecular flexibility index (Phi) is 8.46. The van der Waals surface area contributed by atoms with Crippen LogP contribution < -0.4 is 16.2 Å². The van der Waals surface area contributed by atoms with Crippen molar-refractivity contribution in [2.45, 2.75) is 39.0 Å². The molecule has 1 amide bonds. The molecule has 0 radical (unpaired) electrons. The molecule has 4 heterocycles. The zero-order valence-corrected chi connectivity index (χ0v) is 25.3.